The summed E-state index contributed by atoms with van der Waals surface area (Å²) in [7, 11) is 0. The van der Waals surface area contributed by atoms with Crippen LogP contribution in [0.1, 0.15) is 19.4 Å². The summed E-state index contributed by atoms with van der Waals surface area (Å²) in [5.41, 5.74) is 1.24. The van der Waals surface area contributed by atoms with Crippen LogP contribution < -0.4 is 10.1 Å². The summed E-state index contributed by atoms with van der Waals surface area (Å²) in [4.78, 5) is 26.7. The van der Waals surface area contributed by atoms with Crippen molar-refractivity contribution in [2.24, 2.45) is 0 Å². The number of carbonyl (C=O) groups is 2. The predicted molar refractivity (Wildman–Crippen MR) is 127 cm³/mol. The Bertz CT molecular complexity index is 1040. The monoisotopic (exact) mass is 480 g/mol. The van der Waals surface area contributed by atoms with Crippen molar-refractivity contribution in [3.8, 4) is 5.75 Å². The molecule has 5 nitrogen and oxygen atoms in total. The number of carbonyl (C=O) groups excluding carboxylic acids is 2. The molecule has 3 rings (SSSR count). The second-order valence-corrected chi connectivity index (χ2v) is 9.14. The molecule has 2 aromatic carbocycles. The molecule has 0 saturated carbocycles. The zero-order valence-corrected chi connectivity index (χ0v) is 19.3. The first kappa shape index (κ1) is 22.6. The lowest BCUT2D eigenvalue weighted by atomic mass is 10.2. The Hall–Kier alpha value is -2.06. The number of ether oxygens (including phenoxy) is 1. The van der Waals surface area contributed by atoms with Crippen LogP contribution in [0, 0.1) is 0 Å². The van der Waals surface area contributed by atoms with Crippen LogP contribution in [0.5, 0.6) is 5.75 Å². The van der Waals surface area contributed by atoms with Gasteiger partial charge in [0, 0.05) is 6.04 Å². The summed E-state index contributed by atoms with van der Waals surface area (Å²) in [6.07, 6.45) is 1.74. The van der Waals surface area contributed by atoms with Gasteiger partial charge in [-0.15, -0.1) is 0 Å². The van der Waals surface area contributed by atoms with E-state index in [0.29, 0.717) is 30.7 Å². The standard InChI is InChI=1S/C21H18Cl2N2O3S2/c1-12(2)25-20(27)18(30-21(25)29)10-13-7-8-17(15(23)9-13)28-11-19(26)24-16-6-4-3-5-14(16)22/h3-10,12H,11H2,1-2H3,(H,24,26)/b18-10-. The van der Waals surface area contributed by atoms with Crippen LogP contribution in [0.15, 0.2) is 47.4 Å². The third-order valence-corrected chi connectivity index (χ3v) is 6.06. The molecular formula is C21H18Cl2N2O3S2. The molecule has 0 unspecified atom stereocenters. The predicted octanol–water partition coefficient (Wildman–Crippen LogP) is 5.62. The minimum Gasteiger partial charge on any atom is -0.482 e. The zero-order chi connectivity index (χ0) is 21.8. The van der Waals surface area contributed by atoms with Gasteiger partial charge < -0.3 is 10.1 Å². The molecular weight excluding hydrogens is 463 g/mol. The molecule has 0 spiro atoms. The molecule has 2 aromatic rings. The van der Waals surface area contributed by atoms with Gasteiger partial charge in [-0.05, 0) is 49.8 Å². The maximum absolute atomic E-state index is 12.5. The number of para-hydroxylation sites is 1. The van der Waals surface area contributed by atoms with E-state index < -0.39 is 0 Å². The van der Waals surface area contributed by atoms with E-state index in [-0.39, 0.29) is 24.5 Å². The van der Waals surface area contributed by atoms with Crippen LogP contribution in [-0.2, 0) is 9.59 Å². The van der Waals surface area contributed by atoms with Crippen molar-refractivity contribution in [1.29, 1.82) is 0 Å². The highest BCUT2D eigenvalue weighted by atomic mass is 35.5. The molecule has 1 aliphatic rings. The normalized spacial score (nSPS) is 15.2. The third kappa shape index (κ3) is 5.35. The summed E-state index contributed by atoms with van der Waals surface area (Å²) in [6, 6.07) is 12.0. The van der Waals surface area contributed by atoms with E-state index in [1.165, 1.54) is 11.8 Å². The number of thiocarbonyl (C=S) groups is 1. The molecule has 2 amide bonds. The fourth-order valence-electron chi connectivity index (χ4n) is 2.69. The zero-order valence-electron chi connectivity index (χ0n) is 16.1. The molecule has 1 saturated heterocycles. The Balaban J connectivity index is 1.64. The SMILES string of the molecule is CC(C)N1C(=O)/C(=C/c2ccc(OCC(=O)Nc3ccccc3Cl)c(Cl)c2)SC1=S. The van der Waals surface area contributed by atoms with Crippen LogP contribution in [0.2, 0.25) is 10.0 Å². The van der Waals surface area contributed by atoms with Crippen molar-refractivity contribution in [1.82, 2.24) is 4.90 Å². The number of rotatable bonds is 6. The minimum atomic E-state index is -0.361. The van der Waals surface area contributed by atoms with Crippen molar-refractivity contribution in [3.05, 3.63) is 63.0 Å². The lowest BCUT2D eigenvalue weighted by Crippen LogP contribution is -2.34. The molecule has 0 bridgehead atoms. The number of hydrogen-bond acceptors (Lipinski definition) is 5. The van der Waals surface area contributed by atoms with E-state index in [1.54, 1.807) is 53.4 Å². The highest BCUT2D eigenvalue weighted by molar-refractivity contribution is 8.26. The third-order valence-electron chi connectivity index (χ3n) is 4.10. The molecule has 0 aliphatic carbocycles. The molecule has 1 N–H and O–H groups in total. The van der Waals surface area contributed by atoms with Crippen molar-refractivity contribution >= 4 is 75.1 Å². The van der Waals surface area contributed by atoms with Gasteiger partial charge in [0.05, 0.1) is 20.6 Å². The van der Waals surface area contributed by atoms with Crippen molar-refractivity contribution in [2.75, 3.05) is 11.9 Å². The topological polar surface area (TPSA) is 58.6 Å². The molecule has 0 radical (unpaired) electrons. The molecule has 0 atom stereocenters. The number of amides is 2. The molecule has 1 aliphatic heterocycles. The van der Waals surface area contributed by atoms with Crippen molar-refractivity contribution < 1.29 is 14.3 Å². The second kappa shape index (κ2) is 9.83. The van der Waals surface area contributed by atoms with Gasteiger partial charge in [0.25, 0.3) is 11.8 Å². The first-order chi connectivity index (χ1) is 14.3. The van der Waals surface area contributed by atoms with Crippen LogP contribution in [0.4, 0.5) is 5.69 Å². The maximum Gasteiger partial charge on any atom is 0.266 e. The fourth-order valence-corrected chi connectivity index (χ4v) is 4.64. The van der Waals surface area contributed by atoms with Gasteiger partial charge in [-0.2, -0.15) is 0 Å². The summed E-state index contributed by atoms with van der Waals surface area (Å²) in [5.74, 6) is -0.119. The van der Waals surface area contributed by atoms with Gasteiger partial charge in [-0.25, -0.2) is 0 Å². The molecule has 1 fully saturated rings. The number of halogens is 2. The van der Waals surface area contributed by atoms with Crippen molar-refractivity contribution in [2.45, 2.75) is 19.9 Å². The number of hydrogen-bond donors (Lipinski definition) is 1. The lowest BCUT2D eigenvalue weighted by Gasteiger charge is -2.18. The first-order valence-corrected chi connectivity index (χ1v) is 11.0. The number of thioether (sulfide) groups is 1. The average Bonchev–Trinajstić information content (AvgIpc) is 2.96. The molecule has 1 heterocycles. The van der Waals surface area contributed by atoms with Crippen molar-refractivity contribution in [3.63, 3.8) is 0 Å². The number of benzene rings is 2. The minimum absolute atomic E-state index is 0.000298. The Kier molecular flexibility index (Phi) is 7.41. The summed E-state index contributed by atoms with van der Waals surface area (Å²) in [6.45, 7) is 3.61. The molecule has 156 valence electrons. The number of nitrogens with zero attached hydrogens (tertiary/aromatic N) is 1. The molecule has 0 aromatic heterocycles. The largest absolute Gasteiger partial charge is 0.482 e. The van der Waals surface area contributed by atoms with E-state index in [1.807, 2.05) is 13.8 Å². The van der Waals surface area contributed by atoms with Crippen LogP contribution in [-0.4, -0.2) is 33.7 Å². The Morgan fingerprint density at radius 2 is 1.97 bits per heavy atom. The highest BCUT2D eigenvalue weighted by Gasteiger charge is 2.33. The summed E-state index contributed by atoms with van der Waals surface area (Å²) < 4.78 is 6.05. The van der Waals surface area contributed by atoms with E-state index in [2.05, 4.69) is 5.32 Å². The smallest absolute Gasteiger partial charge is 0.266 e. The Labute approximate surface area is 194 Å². The van der Waals surface area contributed by atoms with Crippen LogP contribution in [0.25, 0.3) is 6.08 Å². The van der Waals surface area contributed by atoms with Gasteiger partial charge >= 0.3 is 0 Å². The van der Waals surface area contributed by atoms with Gasteiger partial charge in [0.15, 0.2) is 6.61 Å². The van der Waals surface area contributed by atoms with E-state index in [4.69, 9.17) is 40.2 Å². The van der Waals surface area contributed by atoms with Crippen LogP contribution >= 0.6 is 47.2 Å². The fraction of sp³-hybridized carbons (Fsp3) is 0.190. The quantitative estimate of drug-likeness (QED) is 0.429. The van der Waals surface area contributed by atoms with Gasteiger partial charge in [-0.3, -0.25) is 14.5 Å². The number of anilines is 1. The Morgan fingerprint density at radius 3 is 2.60 bits per heavy atom. The first-order valence-electron chi connectivity index (χ1n) is 9.00. The average molecular weight is 481 g/mol. The summed E-state index contributed by atoms with van der Waals surface area (Å²) >= 11 is 18.9. The lowest BCUT2D eigenvalue weighted by molar-refractivity contribution is -0.123. The second-order valence-electron chi connectivity index (χ2n) is 6.65. The Morgan fingerprint density at radius 1 is 1.23 bits per heavy atom. The van der Waals surface area contributed by atoms with Gasteiger partial charge in [-0.1, -0.05) is 65.4 Å². The van der Waals surface area contributed by atoms with Crippen LogP contribution in [0.3, 0.4) is 0 Å². The van der Waals surface area contributed by atoms with E-state index >= 15 is 0 Å². The summed E-state index contributed by atoms with van der Waals surface area (Å²) in [5, 5.41) is 3.44. The van der Waals surface area contributed by atoms with Gasteiger partial charge in [0.1, 0.15) is 10.1 Å². The van der Waals surface area contributed by atoms with E-state index in [0.717, 1.165) is 5.56 Å². The maximum atomic E-state index is 12.5. The van der Waals surface area contributed by atoms with E-state index in [9.17, 15) is 9.59 Å². The molecule has 30 heavy (non-hydrogen) atoms. The van der Waals surface area contributed by atoms with Gasteiger partial charge in [0.2, 0.25) is 0 Å². The molecule has 9 heteroatoms. The number of nitrogens with one attached hydrogen (secondary N) is 1. The highest BCUT2D eigenvalue weighted by Crippen LogP contribution is 2.35.